The molecule has 5 rings (SSSR count). The number of nitrogens with zero attached hydrogens (tertiary/aromatic N) is 5. The minimum absolute atomic E-state index is 0.539. The van der Waals surface area contributed by atoms with Crippen molar-refractivity contribution in [3.63, 3.8) is 0 Å². The first-order valence-electron chi connectivity index (χ1n) is 10.8. The molecule has 0 radical (unpaired) electrons. The highest BCUT2D eigenvalue weighted by Crippen LogP contribution is 2.41. The molecule has 1 aliphatic heterocycles. The molecule has 0 atom stereocenters. The van der Waals surface area contributed by atoms with Gasteiger partial charge in [0.25, 0.3) is 0 Å². The van der Waals surface area contributed by atoms with E-state index >= 15 is 0 Å². The quantitative estimate of drug-likeness (QED) is 0.464. The molecule has 4 aromatic rings. The van der Waals surface area contributed by atoms with Gasteiger partial charge in [0.2, 0.25) is 0 Å². The van der Waals surface area contributed by atoms with Gasteiger partial charge >= 0.3 is 0 Å². The van der Waals surface area contributed by atoms with Crippen LogP contribution in [0.3, 0.4) is 0 Å². The molecule has 6 nitrogen and oxygen atoms in total. The van der Waals surface area contributed by atoms with Crippen molar-refractivity contribution < 1.29 is 4.74 Å². The highest BCUT2D eigenvalue weighted by atomic mass is 16.5. The Morgan fingerprint density at radius 1 is 1.00 bits per heavy atom. The van der Waals surface area contributed by atoms with E-state index in [2.05, 4.69) is 50.3 Å². The van der Waals surface area contributed by atoms with Gasteiger partial charge in [-0.05, 0) is 25.0 Å². The molecule has 0 fully saturated rings. The summed E-state index contributed by atoms with van der Waals surface area (Å²) in [5, 5.41) is 4.88. The van der Waals surface area contributed by atoms with E-state index in [9.17, 15) is 0 Å². The SMILES string of the molecule is Cc1nn2c(c1-c1ccccc1OCc1ccccc1)N(Cc1nccn1C)CCC2. The number of rotatable bonds is 6. The molecule has 2 aromatic carbocycles. The lowest BCUT2D eigenvalue weighted by Crippen LogP contribution is -2.33. The number of benzene rings is 2. The van der Waals surface area contributed by atoms with E-state index in [4.69, 9.17) is 9.84 Å². The van der Waals surface area contributed by atoms with Gasteiger partial charge in [0.15, 0.2) is 0 Å². The first-order chi connectivity index (χ1) is 15.2. The topological polar surface area (TPSA) is 48.1 Å². The average Bonchev–Trinajstić information content (AvgIpc) is 3.35. The first kappa shape index (κ1) is 19.4. The van der Waals surface area contributed by atoms with Crippen molar-refractivity contribution in [3.8, 4) is 16.9 Å². The Bertz CT molecular complexity index is 1180. The zero-order valence-electron chi connectivity index (χ0n) is 18.0. The number of hydrogen-bond acceptors (Lipinski definition) is 4. The number of hydrogen-bond donors (Lipinski definition) is 0. The number of aryl methyl sites for hydroxylation is 3. The molecule has 158 valence electrons. The number of ether oxygens (including phenoxy) is 1. The van der Waals surface area contributed by atoms with Gasteiger partial charge in [0.1, 0.15) is 24.0 Å². The van der Waals surface area contributed by atoms with Crippen LogP contribution in [0.1, 0.15) is 23.5 Å². The Morgan fingerprint density at radius 2 is 1.81 bits per heavy atom. The number of para-hydroxylation sites is 1. The van der Waals surface area contributed by atoms with Crippen LogP contribution in [-0.2, 0) is 26.7 Å². The van der Waals surface area contributed by atoms with Crippen LogP contribution in [0.25, 0.3) is 11.1 Å². The van der Waals surface area contributed by atoms with Crippen molar-refractivity contribution in [2.45, 2.75) is 33.0 Å². The molecule has 0 spiro atoms. The fraction of sp³-hybridized carbons (Fsp3) is 0.280. The second-order valence-electron chi connectivity index (χ2n) is 8.01. The van der Waals surface area contributed by atoms with Gasteiger partial charge in [-0.1, -0.05) is 48.5 Å². The van der Waals surface area contributed by atoms with Crippen molar-refractivity contribution in [3.05, 3.63) is 84.1 Å². The van der Waals surface area contributed by atoms with Crippen LogP contribution in [0.15, 0.2) is 67.0 Å². The molecule has 3 heterocycles. The predicted octanol–water partition coefficient (Wildman–Crippen LogP) is 4.58. The van der Waals surface area contributed by atoms with Gasteiger partial charge in [-0.25, -0.2) is 9.67 Å². The molecule has 0 unspecified atom stereocenters. The van der Waals surface area contributed by atoms with Crippen LogP contribution < -0.4 is 9.64 Å². The highest BCUT2D eigenvalue weighted by molar-refractivity contribution is 5.82. The molecule has 0 N–H and O–H groups in total. The van der Waals surface area contributed by atoms with Crippen molar-refractivity contribution in [2.75, 3.05) is 11.4 Å². The van der Waals surface area contributed by atoms with Crippen LogP contribution in [0.2, 0.25) is 0 Å². The first-order valence-corrected chi connectivity index (χ1v) is 10.8. The van der Waals surface area contributed by atoms with Crippen molar-refractivity contribution >= 4 is 5.82 Å². The third kappa shape index (κ3) is 3.81. The van der Waals surface area contributed by atoms with Crippen molar-refractivity contribution in [1.29, 1.82) is 0 Å². The van der Waals surface area contributed by atoms with E-state index in [0.717, 1.165) is 65.8 Å². The molecule has 0 saturated heterocycles. The molecular weight excluding hydrogens is 386 g/mol. The zero-order valence-corrected chi connectivity index (χ0v) is 18.0. The molecule has 0 aliphatic carbocycles. The number of imidazole rings is 1. The van der Waals surface area contributed by atoms with E-state index < -0.39 is 0 Å². The molecular formula is C25H27N5O. The van der Waals surface area contributed by atoms with E-state index in [1.54, 1.807) is 0 Å². The predicted molar refractivity (Wildman–Crippen MR) is 122 cm³/mol. The fourth-order valence-corrected chi connectivity index (χ4v) is 4.29. The van der Waals surface area contributed by atoms with Gasteiger partial charge < -0.3 is 14.2 Å². The van der Waals surface area contributed by atoms with Gasteiger partial charge in [-0.3, -0.25) is 0 Å². The Labute approximate surface area is 182 Å². The van der Waals surface area contributed by atoms with Crippen LogP contribution in [-0.4, -0.2) is 25.9 Å². The van der Waals surface area contributed by atoms with Crippen molar-refractivity contribution in [1.82, 2.24) is 19.3 Å². The summed E-state index contributed by atoms with van der Waals surface area (Å²) in [7, 11) is 2.04. The maximum Gasteiger partial charge on any atom is 0.135 e. The maximum atomic E-state index is 6.28. The standard InChI is InChI=1S/C25H27N5O/c1-19-24(21-11-6-7-12-22(21)31-18-20-9-4-3-5-10-20)25-29(14-8-15-30(25)27-19)17-23-26-13-16-28(23)2/h3-7,9-13,16H,8,14-15,17-18H2,1-2H3. The molecule has 31 heavy (non-hydrogen) atoms. The molecule has 2 aromatic heterocycles. The summed E-state index contributed by atoms with van der Waals surface area (Å²) in [6, 6.07) is 18.6. The van der Waals surface area contributed by atoms with Crippen molar-refractivity contribution in [2.24, 2.45) is 7.05 Å². The minimum atomic E-state index is 0.539. The highest BCUT2D eigenvalue weighted by Gasteiger charge is 2.27. The summed E-state index contributed by atoms with van der Waals surface area (Å²) >= 11 is 0. The van der Waals surface area contributed by atoms with Gasteiger partial charge in [-0.2, -0.15) is 5.10 Å². The second kappa shape index (κ2) is 8.30. The maximum absolute atomic E-state index is 6.28. The summed E-state index contributed by atoms with van der Waals surface area (Å²) in [5.74, 6) is 3.09. The summed E-state index contributed by atoms with van der Waals surface area (Å²) in [6.07, 6.45) is 4.93. The largest absolute Gasteiger partial charge is 0.488 e. The normalized spacial score (nSPS) is 13.3. The minimum Gasteiger partial charge on any atom is -0.488 e. The molecule has 0 bridgehead atoms. The molecule has 0 amide bonds. The summed E-state index contributed by atoms with van der Waals surface area (Å²) in [6.45, 7) is 5.30. The summed E-state index contributed by atoms with van der Waals surface area (Å²) < 4.78 is 10.5. The third-order valence-corrected chi connectivity index (χ3v) is 5.84. The molecule has 6 heteroatoms. The Balaban J connectivity index is 1.52. The van der Waals surface area contributed by atoms with E-state index in [1.807, 2.05) is 49.8 Å². The van der Waals surface area contributed by atoms with Crippen LogP contribution in [0.5, 0.6) is 5.75 Å². The van der Waals surface area contributed by atoms with E-state index in [0.29, 0.717) is 6.61 Å². The van der Waals surface area contributed by atoms with Gasteiger partial charge in [0, 0.05) is 38.1 Å². The second-order valence-corrected chi connectivity index (χ2v) is 8.01. The zero-order chi connectivity index (χ0) is 21.2. The number of aromatic nitrogens is 4. The lowest BCUT2D eigenvalue weighted by Gasteiger charge is -2.30. The van der Waals surface area contributed by atoms with E-state index in [-0.39, 0.29) is 0 Å². The van der Waals surface area contributed by atoms with Crippen LogP contribution in [0.4, 0.5) is 5.82 Å². The third-order valence-electron chi connectivity index (χ3n) is 5.84. The van der Waals surface area contributed by atoms with Gasteiger partial charge in [-0.15, -0.1) is 0 Å². The van der Waals surface area contributed by atoms with Crippen LogP contribution in [0, 0.1) is 6.92 Å². The summed E-state index contributed by atoms with van der Waals surface area (Å²) in [5.41, 5.74) is 4.42. The summed E-state index contributed by atoms with van der Waals surface area (Å²) in [4.78, 5) is 6.94. The smallest absolute Gasteiger partial charge is 0.135 e. The van der Waals surface area contributed by atoms with Crippen LogP contribution >= 0.6 is 0 Å². The molecule has 0 saturated carbocycles. The lowest BCUT2D eigenvalue weighted by atomic mass is 10.0. The number of anilines is 1. The Hall–Kier alpha value is -3.54. The average molecular weight is 414 g/mol. The monoisotopic (exact) mass is 413 g/mol. The Morgan fingerprint density at radius 3 is 2.61 bits per heavy atom. The Kier molecular flexibility index (Phi) is 5.20. The lowest BCUT2D eigenvalue weighted by molar-refractivity contribution is 0.307. The number of fused-ring (bicyclic) bond motifs is 1. The van der Waals surface area contributed by atoms with Gasteiger partial charge in [0.05, 0.1) is 17.8 Å². The fourth-order valence-electron chi connectivity index (χ4n) is 4.29. The van der Waals surface area contributed by atoms with E-state index in [1.165, 1.54) is 0 Å². The molecule has 1 aliphatic rings.